The molecule has 3 rings (SSSR count). The van der Waals surface area contributed by atoms with Gasteiger partial charge in [0.1, 0.15) is 5.75 Å². The van der Waals surface area contributed by atoms with Crippen LogP contribution >= 0.6 is 39.1 Å². The first-order valence-corrected chi connectivity index (χ1v) is 9.17. The normalized spacial score (nSPS) is 11.0. The molecule has 0 bridgehead atoms. The van der Waals surface area contributed by atoms with E-state index in [1.165, 1.54) is 6.21 Å². The maximum absolute atomic E-state index is 12.0. The molecule has 1 amide bonds. The van der Waals surface area contributed by atoms with Crippen LogP contribution in [0.4, 0.5) is 0 Å². The van der Waals surface area contributed by atoms with Gasteiger partial charge >= 0.3 is 0 Å². The molecular weight excluding hydrogens is 439 g/mol. The minimum Gasteiger partial charge on any atom is -0.483 e. The average molecular weight is 452 g/mol. The van der Waals surface area contributed by atoms with Gasteiger partial charge in [-0.25, -0.2) is 5.43 Å². The van der Waals surface area contributed by atoms with Crippen LogP contribution in [-0.2, 0) is 4.79 Å². The van der Waals surface area contributed by atoms with E-state index in [0.29, 0.717) is 21.4 Å². The van der Waals surface area contributed by atoms with E-state index >= 15 is 0 Å². The Morgan fingerprint density at radius 1 is 1.04 bits per heavy atom. The van der Waals surface area contributed by atoms with Crippen LogP contribution in [0.5, 0.6) is 5.75 Å². The predicted octanol–water partition coefficient (Wildman–Crippen LogP) is 5.44. The number of nitrogens with zero attached hydrogens (tertiary/aromatic N) is 1. The summed E-state index contributed by atoms with van der Waals surface area (Å²) in [7, 11) is 0. The van der Waals surface area contributed by atoms with Crippen molar-refractivity contribution in [2.24, 2.45) is 5.10 Å². The van der Waals surface area contributed by atoms with Crippen LogP contribution < -0.4 is 10.2 Å². The Morgan fingerprint density at radius 2 is 1.73 bits per heavy atom. The summed E-state index contributed by atoms with van der Waals surface area (Å²) in [6.07, 6.45) is 1.40. The van der Waals surface area contributed by atoms with E-state index in [0.717, 1.165) is 15.2 Å². The molecular formula is C19H13BrCl2N2O2. The number of rotatable bonds is 5. The molecule has 0 heterocycles. The van der Waals surface area contributed by atoms with Gasteiger partial charge in [0.25, 0.3) is 5.91 Å². The molecule has 3 aromatic carbocycles. The zero-order valence-electron chi connectivity index (χ0n) is 13.4. The number of hydrogen-bond acceptors (Lipinski definition) is 3. The molecule has 0 aliphatic rings. The van der Waals surface area contributed by atoms with E-state index in [9.17, 15) is 4.79 Å². The van der Waals surface area contributed by atoms with Crippen molar-refractivity contribution >= 4 is 62.0 Å². The van der Waals surface area contributed by atoms with E-state index in [1.54, 1.807) is 18.2 Å². The molecule has 0 aliphatic heterocycles. The maximum atomic E-state index is 12.0. The highest BCUT2D eigenvalue weighted by Crippen LogP contribution is 2.31. The monoisotopic (exact) mass is 450 g/mol. The lowest BCUT2D eigenvalue weighted by molar-refractivity contribution is -0.123. The third-order valence-corrected chi connectivity index (χ3v) is 4.92. The topological polar surface area (TPSA) is 50.7 Å². The summed E-state index contributed by atoms with van der Waals surface area (Å²) < 4.78 is 6.59. The number of carbonyl (C=O) groups is 1. The second-order valence-corrected chi connectivity index (χ2v) is 6.98. The number of nitrogens with one attached hydrogen (secondary N) is 1. The number of carbonyl (C=O) groups excluding carboxylic acids is 1. The number of hydrazone groups is 1. The van der Waals surface area contributed by atoms with Crippen LogP contribution in [-0.4, -0.2) is 18.7 Å². The number of fused-ring (bicyclic) bond motifs is 1. The number of ether oxygens (including phenoxy) is 1. The first-order valence-electron chi connectivity index (χ1n) is 7.62. The average Bonchev–Trinajstić information content (AvgIpc) is 2.64. The molecule has 0 fully saturated rings. The lowest BCUT2D eigenvalue weighted by atomic mass is 10.1. The molecule has 0 unspecified atom stereocenters. The zero-order chi connectivity index (χ0) is 18.5. The fraction of sp³-hybridized carbons (Fsp3) is 0.0526. The largest absolute Gasteiger partial charge is 0.483 e. The SMILES string of the molecule is O=C(COc1ccc(Br)c2ccccc12)N/N=C\c1c(Cl)cccc1Cl. The molecule has 0 aromatic heterocycles. The molecule has 7 heteroatoms. The molecule has 1 N–H and O–H groups in total. The Hall–Kier alpha value is -2.08. The summed E-state index contributed by atoms with van der Waals surface area (Å²) in [5.74, 6) is 0.230. The van der Waals surface area contributed by atoms with E-state index in [-0.39, 0.29) is 6.61 Å². The summed E-state index contributed by atoms with van der Waals surface area (Å²) in [4.78, 5) is 12.0. The summed E-state index contributed by atoms with van der Waals surface area (Å²) in [6, 6.07) is 16.6. The van der Waals surface area contributed by atoms with Crippen molar-refractivity contribution in [3.63, 3.8) is 0 Å². The Kier molecular flexibility index (Phi) is 6.14. The van der Waals surface area contributed by atoms with Crippen LogP contribution in [0.1, 0.15) is 5.56 Å². The number of benzene rings is 3. The summed E-state index contributed by atoms with van der Waals surface area (Å²) in [6.45, 7) is -0.167. The van der Waals surface area contributed by atoms with Crippen molar-refractivity contribution in [1.29, 1.82) is 0 Å². The molecule has 4 nitrogen and oxygen atoms in total. The molecule has 3 aromatic rings. The van der Waals surface area contributed by atoms with Crippen molar-refractivity contribution < 1.29 is 9.53 Å². The van der Waals surface area contributed by atoms with Crippen molar-refractivity contribution in [3.8, 4) is 5.75 Å². The lowest BCUT2D eigenvalue weighted by Gasteiger charge is -2.09. The second-order valence-electron chi connectivity index (χ2n) is 5.31. The zero-order valence-corrected chi connectivity index (χ0v) is 16.5. The van der Waals surface area contributed by atoms with Crippen molar-refractivity contribution in [2.75, 3.05) is 6.61 Å². The number of hydrogen-bond donors (Lipinski definition) is 1. The predicted molar refractivity (Wildman–Crippen MR) is 109 cm³/mol. The van der Waals surface area contributed by atoms with E-state index in [2.05, 4.69) is 26.5 Å². The highest BCUT2D eigenvalue weighted by Gasteiger charge is 2.08. The lowest BCUT2D eigenvalue weighted by Crippen LogP contribution is -2.24. The first-order chi connectivity index (χ1) is 12.6. The maximum Gasteiger partial charge on any atom is 0.277 e. The number of amides is 1. The van der Waals surface area contributed by atoms with Gasteiger partial charge in [0.05, 0.1) is 16.3 Å². The van der Waals surface area contributed by atoms with Crippen molar-refractivity contribution in [2.45, 2.75) is 0 Å². The molecule has 0 atom stereocenters. The highest BCUT2D eigenvalue weighted by atomic mass is 79.9. The van der Waals surface area contributed by atoms with E-state index in [4.69, 9.17) is 27.9 Å². The minimum absolute atomic E-state index is 0.167. The molecule has 132 valence electrons. The second kappa shape index (κ2) is 8.54. The summed E-state index contributed by atoms with van der Waals surface area (Å²) >= 11 is 15.6. The molecule has 0 radical (unpaired) electrons. The Labute approximate surface area is 168 Å². The fourth-order valence-electron chi connectivity index (χ4n) is 2.34. The van der Waals surface area contributed by atoms with Gasteiger partial charge in [-0.15, -0.1) is 0 Å². The van der Waals surface area contributed by atoms with Crippen LogP contribution in [0.25, 0.3) is 10.8 Å². The van der Waals surface area contributed by atoms with Crippen LogP contribution in [0, 0.1) is 0 Å². The van der Waals surface area contributed by atoms with Gasteiger partial charge in [-0.2, -0.15) is 5.10 Å². The standard InChI is InChI=1S/C19H13BrCl2N2O2/c20-15-8-9-18(13-5-2-1-4-12(13)15)26-11-19(25)24-23-10-14-16(21)6-3-7-17(14)22/h1-10H,11H2,(H,24,25)/b23-10-. The van der Waals surface area contributed by atoms with Crippen LogP contribution in [0.15, 0.2) is 64.2 Å². The van der Waals surface area contributed by atoms with E-state index < -0.39 is 5.91 Å². The number of halogens is 3. The van der Waals surface area contributed by atoms with E-state index in [1.807, 2.05) is 36.4 Å². The first kappa shape index (κ1) is 18.7. The molecule has 26 heavy (non-hydrogen) atoms. The van der Waals surface area contributed by atoms with Gasteiger partial charge in [0.15, 0.2) is 6.61 Å². The molecule has 0 saturated carbocycles. The van der Waals surface area contributed by atoms with Gasteiger partial charge in [0.2, 0.25) is 0 Å². The minimum atomic E-state index is -0.392. The fourth-order valence-corrected chi connectivity index (χ4v) is 3.31. The van der Waals surface area contributed by atoms with Gasteiger partial charge in [0, 0.05) is 15.4 Å². The van der Waals surface area contributed by atoms with Crippen molar-refractivity contribution in [1.82, 2.24) is 5.43 Å². The quantitative estimate of drug-likeness (QED) is 0.414. The third kappa shape index (κ3) is 4.36. The van der Waals surface area contributed by atoms with Crippen LogP contribution in [0.3, 0.4) is 0 Å². The van der Waals surface area contributed by atoms with Crippen molar-refractivity contribution in [3.05, 3.63) is 74.7 Å². The Bertz CT molecular complexity index is 972. The van der Waals surface area contributed by atoms with Gasteiger partial charge in [-0.3, -0.25) is 4.79 Å². The van der Waals surface area contributed by atoms with Gasteiger partial charge in [-0.05, 0) is 29.7 Å². The highest BCUT2D eigenvalue weighted by molar-refractivity contribution is 9.10. The van der Waals surface area contributed by atoms with Crippen LogP contribution in [0.2, 0.25) is 10.0 Å². The molecule has 0 aliphatic carbocycles. The Morgan fingerprint density at radius 3 is 2.46 bits per heavy atom. The Balaban J connectivity index is 1.63. The van der Waals surface area contributed by atoms with Gasteiger partial charge < -0.3 is 4.74 Å². The molecule has 0 saturated heterocycles. The summed E-state index contributed by atoms with van der Waals surface area (Å²) in [5.41, 5.74) is 2.93. The molecule has 0 spiro atoms. The summed E-state index contributed by atoms with van der Waals surface area (Å²) in [5, 5.41) is 6.70. The van der Waals surface area contributed by atoms with Gasteiger partial charge in [-0.1, -0.05) is 69.5 Å². The third-order valence-electron chi connectivity index (χ3n) is 3.57. The smallest absolute Gasteiger partial charge is 0.277 e.